The maximum absolute atomic E-state index is 13.4. The molecule has 0 unspecified atom stereocenters. The molecule has 4 nitrogen and oxygen atoms in total. The fourth-order valence-corrected chi connectivity index (χ4v) is 1.43. The van der Waals surface area contributed by atoms with Gasteiger partial charge < -0.3 is 0 Å². The Bertz CT molecular complexity index is 434. The van der Waals surface area contributed by atoms with Gasteiger partial charge in [0, 0.05) is 12.1 Å². The lowest BCUT2D eigenvalue weighted by Crippen LogP contribution is -2.06. The molecule has 0 radical (unpaired) electrons. The first-order chi connectivity index (χ1) is 6.97. The number of hydrogen-bond donors (Lipinski definition) is 0. The van der Waals surface area contributed by atoms with Gasteiger partial charge in [-0.1, -0.05) is 15.9 Å². The zero-order valence-electron chi connectivity index (χ0n) is 7.79. The summed E-state index contributed by atoms with van der Waals surface area (Å²) < 4.78 is 13.4. The Labute approximate surface area is 93.4 Å². The highest BCUT2D eigenvalue weighted by Crippen LogP contribution is 2.21. The quantitative estimate of drug-likeness (QED) is 0.369. The summed E-state index contributed by atoms with van der Waals surface area (Å²) in [6.45, 7) is 1.38. The molecule has 0 aliphatic heterocycles. The Morgan fingerprint density at radius 3 is 2.67 bits per heavy atom. The van der Waals surface area contributed by atoms with Crippen molar-refractivity contribution in [2.45, 2.75) is 6.92 Å². The predicted molar refractivity (Wildman–Crippen MR) is 55.9 cm³/mol. The number of carbonyl (C=O) groups is 1. The molecule has 0 bridgehead atoms. The number of nitrogens with zero attached hydrogens (tertiary/aromatic N) is 1. The zero-order valence-corrected chi connectivity index (χ0v) is 9.38. The molecule has 0 amide bonds. The largest absolute Gasteiger partial charge is 0.293 e. The van der Waals surface area contributed by atoms with Crippen LogP contribution in [0.1, 0.15) is 15.9 Å². The Morgan fingerprint density at radius 1 is 1.60 bits per heavy atom. The molecule has 0 N–H and O–H groups in total. The standard InChI is InChI=1S/C9H7BrFNO3/c1-5-2-6(12(14)15)3-7(9(5)11)8(13)4-10/h2-3H,4H2,1H3. The summed E-state index contributed by atoms with van der Waals surface area (Å²) in [4.78, 5) is 21.1. The van der Waals surface area contributed by atoms with E-state index >= 15 is 0 Å². The first-order valence-electron chi connectivity index (χ1n) is 4.01. The smallest absolute Gasteiger partial charge is 0.270 e. The molecule has 0 saturated heterocycles. The van der Waals surface area contributed by atoms with E-state index < -0.39 is 16.5 Å². The number of nitro groups is 1. The van der Waals surface area contributed by atoms with Crippen molar-refractivity contribution in [3.05, 3.63) is 39.2 Å². The van der Waals surface area contributed by atoms with E-state index in [9.17, 15) is 19.3 Å². The molecule has 0 saturated carbocycles. The first kappa shape index (κ1) is 11.8. The summed E-state index contributed by atoms with van der Waals surface area (Å²) in [5.41, 5.74) is -0.440. The number of Topliss-reactive ketones (excluding diaryl/α,β-unsaturated/α-hetero) is 1. The number of ketones is 1. The Balaban J connectivity index is 3.37. The van der Waals surface area contributed by atoms with Crippen LogP contribution in [0.15, 0.2) is 12.1 Å². The zero-order chi connectivity index (χ0) is 11.6. The van der Waals surface area contributed by atoms with Crippen molar-refractivity contribution in [1.82, 2.24) is 0 Å². The number of aryl methyl sites for hydroxylation is 1. The van der Waals surface area contributed by atoms with Gasteiger partial charge in [-0.15, -0.1) is 0 Å². The summed E-state index contributed by atoms with van der Waals surface area (Å²) in [6, 6.07) is 2.05. The van der Waals surface area contributed by atoms with Crippen molar-refractivity contribution in [2.24, 2.45) is 0 Å². The van der Waals surface area contributed by atoms with E-state index in [2.05, 4.69) is 15.9 Å². The van der Waals surface area contributed by atoms with Crippen molar-refractivity contribution >= 4 is 27.4 Å². The number of carbonyl (C=O) groups excluding carboxylic acids is 1. The third-order valence-corrected chi connectivity index (χ3v) is 2.38. The van der Waals surface area contributed by atoms with Gasteiger partial charge in [0.15, 0.2) is 5.78 Å². The van der Waals surface area contributed by atoms with E-state index in [-0.39, 0.29) is 22.1 Å². The molecule has 0 aliphatic carbocycles. The van der Waals surface area contributed by atoms with Crippen LogP contribution in [0.3, 0.4) is 0 Å². The number of non-ortho nitro benzene ring substituents is 1. The van der Waals surface area contributed by atoms with Crippen LogP contribution >= 0.6 is 15.9 Å². The molecule has 0 aromatic heterocycles. The van der Waals surface area contributed by atoms with Gasteiger partial charge in [0.25, 0.3) is 5.69 Å². The average molecular weight is 276 g/mol. The number of benzene rings is 1. The minimum Gasteiger partial charge on any atom is -0.293 e. The lowest BCUT2D eigenvalue weighted by Gasteiger charge is -2.03. The van der Waals surface area contributed by atoms with Crippen LogP contribution in [-0.4, -0.2) is 16.0 Å². The second kappa shape index (κ2) is 4.48. The van der Waals surface area contributed by atoms with Crippen LogP contribution in [0.5, 0.6) is 0 Å². The summed E-state index contributed by atoms with van der Waals surface area (Å²) in [7, 11) is 0. The van der Waals surface area contributed by atoms with Crippen LogP contribution < -0.4 is 0 Å². The normalized spacial score (nSPS) is 10.1. The van der Waals surface area contributed by atoms with Crippen LogP contribution in [0.25, 0.3) is 0 Å². The number of halogens is 2. The molecule has 1 aromatic carbocycles. The van der Waals surface area contributed by atoms with Gasteiger partial charge in [0.05, 0.1) is 15.8 Å². The van der Waals surface area contributed by atoms with Gasteiger partial charge in [-0.2, -0.15) is 0 Å². The molecule has 1 aromatic rings. The molecule has 0 heterocycles. The lowest BCUT2D eigenvalue weighted by molar-refractivity contribution is -0.385. The van der Waals surface area contributed by atoms with Crippen LogP contribution in [0, 0.1) is 22.9 Å². The highest BCUT2D eigenvalue weighted by atomic mass is 79.9. The Hall–Kier alpha value is -1.30. The molecule has 0 atom stereocenters. The monoisotopic (exact) mass is 275 g/mol. The molecule has 0 spiro atoms. The number of hydrogen-bond acceptors (Lipinski definition) is 3. The second-order valence-electron chi connectivity index (χ2n) is 2.94. The molecular formula is C9H7BrFNO3. The maximum atomic E-state index is 13.4. The Morgan fingerprint density at radius 2 is 2.20 bits per heavy atom. The SMILES string of the molecule is Cc1cc([N+](=O)[O-])cc(C(=O)CBr)c1F. The first-order valence-corrected chi connectivity index (χ1v) is 5.13. The minimum atomic E-state index is -0.704. The minimum absolute atomic E-state index is 0.0650. The van der Waals surface area contributed by atoms with E-state index in [1.807, 2.05) is 0 Å². The molecule has 0 fully saturated rings. The summed E-state index contributed by atoms with van der Waals surface area (Å²) >= 11 is 2.89. The van der Waals surface area contributed by atoms with Crippen LogP contribution in [0.4, 0.5) is 10.1 Å². The molecule has 1 rings (SSSR count). The van der Waals surface area contributed by atoms with Crippen molar-refractivity contribution < 1.29 is 14.1 Å². The van der Waals surface area contributed by atoms with Crippen LogP contribution in [-0.2, 0) is 0 Å². The highest BCUT2D eigenvalue weighted by Gasteiger charge is 2.18. The highest BCUT2D eigenvalue weighted by molar-refractivity contribution is 9.09. The van der Waals surface area contributed by atoms with Crippen molar-refractivity contribution in [2.75, 3.05) is 5.33 Å². The summed E-state index contributed by atoms with van der Waals surface area (Å²) in [5, 5.41) is 10.4. The topological polar surface area (TPSA) is 60.2 Å². The fraction of sp³-hybridized carbons (Fsp3) is 0.222. The van der Waals surface area contributed by atoms with Gasteiger partial charge in [0.1, 0.15) is 5.82 Å². The molecule has 6 heteroatoms. The number of alkyl halides is 1. The number of nitro benzene ring substituents is 1. The van der Waals surface area contributed by atoms with E-state index in [4.69, 9.17) is 0 Å². The van der Waals surface area contributed by atoms with E-state index in [1.54, 1.807) is 0 Å². The summed E-state index contributed by atoms with van der Waals surface area (Å²) in [6.07, 6.45) is 0. The predicted octanol–water partition coefficient (Wildman–Crippen LogP) is 2.62. The van der Waals surface area contributed by atoms with Crippen molar-refractivity contribution in [3.8, 4) is 0 Å². The molecule has 0 aliphatic rings. The van der Waals surface area contributed by atoms with Gasteiger partial charge in [0.2, 0.25) is 0 Å². The molecular weight excluding hydrogens is 269 g/mol. The fourth-order valence-electron chi connectivity index (χ4n) is 1.13. The van der Waals surface area contributed by atoms with Crippen molar-refractivity contribution in [3.63, 3.8) is 0 Å². The van der Waals surface area contributed by atoms with E-state index in [1.165, 1.54) is 6.92 Å². The third kappa shape index (κ3) is 2.38. The van der Waals surface area contributed by atoms with E-state index in [0.717, 1.165) is 12.1 Å². The van der Waals surface area contributed by atoms with Gasteiger partial charge in [-0.3, -0.25) is 14.9 Å². The van der Waals surface area contributed by atoms with Crippen LogP contribution in [0.2, 0.25) is 0 Å². The third-order valence-electron chi connectivity index (χ3n) is 1.87. The molecule has 80 valence electrons. The van der Waals surface area contributed by atoms with Crippen molar-refractivity contribution in [1.29, 1.82) is 0 Å². The van der Waals surface area contributed by atoms with Gasteiger partial charge in [-0.25, -0.2) is 4.39 Å². The lowest BCUT2D eigenvalue weighted by atomic mass is 10.1. The second-order valence-corrected chi connectivity index (χ2v) is 3.50. The maximum Gasteiger partial charge on any atom is 0.270 e. The van der Waals surface area contributed by atoms with Gasteiger partial charge >= 0.3 is 0 Å². The summed E-state index contributed by atoms with van der Waals surface area (Å²) in [5.74, 6) is -1.22. The Kier molecular flexibility index (Phi) is 3.52. The van der Waals surface area contributed by atoms with Gasteiger partial charge in [-0.05, 0) is 12.5 Å². The average Bonchev–Trinajstić information content (AvgIpc) is 2.20. The number of rotatable bonds is 3. The van der Waals surface area contributed by atoms with E-state index in [0.29, 0.717) is 0 Å². The molecule has 15 heavy (non-hydrogen) atoms.